The maximum absolute atomic E-state index is 12.2. The number of hydrogen-bond acceptors (Lipinski definition) is 1. The molecule has 4 aliphatic carbocycles. The van der Waals surface area contributed by atoms with Gasteiger partial charge in [-0.3, -0.25) is 4.79 Å². The van der Waals surface area contributed by atoms with Gasteiger partial charge >= 0.3 is 0 Å². The molecule has 124 valence electrons. The van der Waals surface area contributed by atoms with E-state index in [4.69, 9.17) is 0 Å². The van der Waals surface area contributed by atoms with E-state index >= 15 is 0 Å². The molecular formula is C21H34O. The zero-order valence-electron chi connectivity index (χ0n) is 14.9. The van der Waals surface area contributed by atoms with E-state index in [-0.39, 0.29) is 0 Å². The van der Waals surface area contributed by atoms with E-state index in [0.717, 1.165) is 23.7 Å². The Hall–Kier alpha value is -0.330. The molecule has 0 N–H and O–H groups in total. The van der Waals surface area contributed by atoms with Crippen LogP contribution in [0.5, 0.6) is 0 Å². The van der Waals surface area contributed by atoms with Crippen LogP contribution in [0.15, 0.2) is 0 Å². The van der Waals surface area contributed by atoms with Gasteiger partial charge in [0.05, 0.1) is 0 Å². The topological polar surface area (TPSA) is 17.1 Å². The number of fused-ring (bicyclic) bond motifs is 5. The summed E-state index contributed by atoms with van der Waals surface area (Å²) in [5.74, 6) is 4.60. The minimum Gasteiger partial charge on any atom is -0.300 e. The molecule has 0 aliphatic heterocycles. The summed E-state index contributed by atoms with van der Waals surface area (Å²) in [5, 5.41) is 0. The Labute approximate surface area is 136 Å². The fourth-order valence-corrected chi connectivity index (χ4v) is 7.96. The fourth-order valence-electron chi connectivity index (χ4n) is 7.96. The molecule has 4 aliphatic rings. The maximum atomic E-state index is 12.2. The first-order chi connectivity index (χ1) is 10.5. The van der Waals surface area contributed by atoms with Crippen LogP contribution in [0.25, 0.3) is 0 Å². The van der Waals surface area contributed by atoms with Crippen LogP contribution in [0, 0.1) is 40.4 Å². The van der Waals surface area contributed by atoms with Gasteiger partial charge < -0.3 is 0 Å². The zero-order chi connectivity index (χ0) is 15.5. The van der Waals surface area contributed by atoms with Gasteiger partial charge in [-0.25, -0.2) is 0 Å². The number of carbonyl (C=O) groups is 1. The second kappa shape index (κ2) is 5.08. The van der Waals surface area contributed by atoms with Crippen molar-refractivity contribution in [2.45, 2.75) is 85.0 Å². The first kappa shape index (κ1) is 15.2. The lowest BCUT2D eigenvalue weighted by Gasteiger charge is -2.60. The second-order valence-electron chi connectivity index (χ2n) is 9.69. The van der Waals surface area contributed by atoms with E-state index in [9.17, 15) is 4.79 Å². The highest BCUT2D eigenvalue weighted by atomic mass is 16.1. The molecule has 0 aromatic rings. The molecule has 0 radical (unpaired) electrons. The lowest BCUT2D eigenvalue weighted by Crippen LogP contribution is -2.53. The van der Waals surface area contributed by atoms with Crippen LogP contribution in [0.2, 0.25) is 0 Å². The molecule has 6 unspecified atom stereocenters. The molecule has 0 spiro atoms. The quantitative estimate of drug-likeness (QED) is 0.614. The van der Waals surface area contributed by atoms with Crippen molar-refractivity contribution in [3.05, 3.63) is 0 Å². The van der Waals surface area contributed by atoms with Gasteiger partial charge in [-0.05, 0) is 92.8 Å². The van der Waals surface area contributed by atoms with Gasteiger partial charge in [0.25, 0.3) is 0 Å². The highest BCUT2D eigenvalue weighted by molar-refractivity contribution is 5.79. The molecule has 0 bridgehead atoms. The van der Waals surface area contributed by atoms with Crippen molar-refractivity contribution < 1.29 is 4.79 Å². The highest BCUT2D eigenvalue weighted by Crippen LogP contribution is 2.67. The van der Waals surface area contributed by atoms with Gasteiger partial charge in [-0.2, -0.15) is 0 Å². The number of hydrogen-bond donors (Lipinski definition) is 0. The maximum Gasteiger partial charge on any atom is 0.133 e. The van der Waals surface area contributed by atoms with E-state index in [0.29, 0.717) is 22.5 Å². The standard InChI is InChI=1S/C21H34O/c1-14(22)17-9-10-18-16-8-7-15-6-4-5-12-20(15,2)19(16)11-13-21(17,18)3/h15-19H,4-13H2,1-3H3/t15-,16?,17?,18?,19?,20?,21?/m0/s1. The van der Waals surface area contributed by atoms with Gasteiger partial charge in [0, 0.05) is 5.92 Å². The Morgan fingerprint density at radius 1 is 0.818 bits per heavy atom. The molecule has 22 heavy (non-hydrogen) atoms. The van der Waals surface area contributed by atoms with Crippen molar-refractivity contribution in [1.29, 1.82) is 0 Å². The van der Waals surface area contributed by atoms with E-state index in [1.54, 1.807) is 0 Å². The Morgan fingerprint density at radius 2 is 1.59 bits per heavy atom. The molecular weight excluding hydrogens is 268 g/mol. The molecule has 4 rings (SSSR count). The third-order valence-electron chi connectivity index (χ3n) is 9.07. The molecule has 0 aromatic carbocycles. The van der Waals surface area contributed by atoms with Crippen molar-refractivity contribution in [2.24, 2.45) is 40.4 Å². The summed E-state index contributed by atoms with van der Waals surface area (Å²) < 4.78 is 0. The molecule has 0 amide bonds. The molecule has 0 saturated heterocycles. The molecule has 4 fully saturated rings. The van der Waals surface area contributed by atoms with Crippen LogP contribution < -0.4 is 0 Å². The molecule has 1 nitrogen and oxygen atoms in total. The summed E-state index contributed by atoms with van der Waals surface area (Å²) in [5.41, 5.74) is 0.974. The van der Waals surface area contributed by atoms with E-state index < -0.39 is 0 Å². The van der Waals surface area contributed by atoms with Crippen LogP contribution in [0.3, 0.4) is 0 Å². The molecule has 0 aromatic heterocycles. The minimum atomic E-state index is 0.338. The molecule has 0 heterocycles. The lowest BCUT2D eigenvalue weighted by molar-refractivity contribution is -0.133. The van der Waals surface area contributed by atoms with Crippen LogP contribution in [0.1, 0.15) is 85.0 Å². The van der Waals surface area contributed by atoms with Gasteiger partial charge in [0.15, 0.2) is 0 Å². The Kier molecular flexibility index (Phi) is 3.51. The fraction of sp³-hybridized carbons (Fsp3) is 0.952. The van der Waals surface area contributed by atoms with Crippen molar-refractivity contribution in [2.75, 3.05) is 0 Å². The van der Waals surface area contributed by atoms with Gasteiger partial charge in [-0.1, -0.05) is 26.7 Å². The highest BCUT2D eigenvalue weighted by Gasteiger charge is 2.60. The summed E-state index contributed by atoms with van der Waals surface area (Å²) in [6.45, 7) is 6.97. The van der Waals surface area contributed by atoms with Crippen LogP contribution in [-0.4, -0.2) is 5.78 Å². The largest absolute Gasteiger partial charge is 0.300 e. The zero-order valence-corrected chi connectivity index (χ0v) is 14.9. The first-order valence-electron chi connectivity index (χ1n) is 9.97. The minimum absolute atomic E-state index is 0.338. The normalized spacial score (nSPS) is 54.2. The van der Waals surface area contributed by atoms with E-state index in [1.165, 1.54) is 64.2 Å². The smallest absolute Gasteiger partial charge is 0.133 e. The van der Waals surface area contributed by atoms with Crippen LogP contribution >= 0.6 is 0 Å². The van der Waals surface area contributed by atoms with E-state index in [1.807, 2.05) is 6.92 Å². The summed E-state index contributed by atoms with van der Waals surface area (Å²) in [6.07, 6.45) is 14.1. The summed E-state index contributed by atoms with van der Waals surface area (Å²) in [7, 11) is 0. The molecule has 1 heteroatoms. The lowest BCUT2D eigenvalue weighted by atomic mass is 9.45. The summed E-state index contributed by atoms with van der Waals surface area (Å²) in [4.78, 5) is 12.2. The number of ketones is 1. The van der Waals surface area contributed by atoms with Gasteiger partial charge in [0.2, 0.25) is 0 Å². The molecule has 7 atom stereocenters. The van der Waals surface area contributed by atoms with Crippen molar-refractivity contribution >= 4 is 5.78 Å². The third-order valence-corrected chi connectivity index (χ3v) is 9.07. The van der Waals surface area contributed by atoms with Gasteiger partial charge in [0.1, 0.15) is 5.78 Å². The van der Waals surface area contributed by atoms with Crippen LogP contribution in [0.4, 0.5) is 0 Å². The SMILES string of the molecule is CC(=O)C1CCC2C3CC[C@@H]4CCCCC4(C)C3CCC12C. The summed E-state index contributed by atoms with van der Waals surface area (Å²) in [6, 6.07) is 0. The number of Topliss-reactive ketones (excluding diaryl/α,β-unsaturated/α-hetero) is 1. The summed E-state index contributed by atoms with van der Waals surface area (Å²) >= 11 is 0. The third kappa shape index (κ3) is 1.93. The molecule has 4 saturated carbocycles. The first-order valence-corrected chi connectivity index (χ1v) is 9.97. The average Bonchev–Trinajstić information content (AvgIpc) is 2.84. The van der Waals surface area contributed by atoms with Crippen molar-refractivity contribution in [3.8, 4) is 0 Å². The number of rotatable bonds is 1. The predicted octanol–water partition coefficient (Wildman–Crippen LogP) is 5.62. The Balaban J connectivity index is 1.63. The Bertz CT molecular complexity index is 469. The second-order valence-corrected chi connectivity index (χ2v) is 9.69. The number of carbonyl (C=O) groups excluding carboxylic acids is 1. The average molecular weight is 303 g/mol. The van der Waals surface area contributed by atoms with Gasteiger partial charge in [-0.15, -0.1) is 0 Å². The predicted molar refractivity (Wildman–Crippen MR) is 90.5 cm³/mol. The van der Waals surface area contributed by atoms with Crippen LogP contribution in [-0.2, 0) is 4.79 Å². The van der Waals surface area contributed by atoms with Crippen molar-refractivity contribution in [1.82, 2.24) is 0 Å². The van der Waals surface area contributed by atoms with E-state index in [2.05, 4.69) is 13.8 Å². The van der Waals surface area contributed by atoms with Crippen molar-refractivity contribution in [3.63, 3.8) is 0 Å². The monoisotopic (exact) mass is 302 g/mol. The Morgan fingerprint density at radius 3 is 2.36 bits per heavy atom.